The standard InChI is InChI=1S/C32H42O7S4/c33-31(29(25-13-3-1-4-14-25)38-27-17-7-9-19-36-27)40-21-11-23-42-43(35)24-12-22-41-32(34)30(26-15-5-2-6-16-26)39-28-18-8-10-20-37-28/h1-6,13-16,27-30H,7-12,17-24H2/t27?,28?,29-,30-,43?/m1/s1. The quantitative estimate of drug-likeness (QED) is 0.127. The molecule has 0 spiro atoms. The first-order valence-electron chi connectivity index (χ1n) is 15.1. The topological polar surface area (TPSA) is 88.1 Å². The van der Waals surface area contributed by atoms with E-state index in [4.69, 9.17) is 18.9 Å². The van der Waals surface area contributed by atoms with Gasteiger partial charge in [-0.05, 0) is 62.5 Å². The van der Waals surface area contributed by atoms with Gasteiger partial charge in [-0.3, -0.25) is 9.59 Å². The third kappa shape index (κ3) is 12.6. The molecule has 2 aromatic rings. The number of rotatable bonds is 17. The second kappa shape index (κ2) is 20.0. The Hall–Kier alpha value is -1.18. The number of carbonyl (C=O) groups excluding carboxylic acids is 2. The lowest BCUT2D eigenvalue weighted by molar-refractivity contribution is -0.189. The summed E-state index contributed by atoms with van der Waals surface area (Å²) in [5.41, 5.74) is 1.67. The van der Waals surface area contributed by atoms with Crippen LogP contribution in [0.2, 0.25) is 0 Å². The number of benzene rings is 2. The number of ether oxygens (including phenoxy) is 4. The summed E-state index contributed by atoms with van der Waals surface area (Å²) in [6.07, 6.45) is 5.11. The first-order chi connectivity index (χ1) is 21.1. The van der Waals surface area contributed by atoms with Gasteiger partial charge in [0.05, 0.1) is 9.83 Å². The van der Waals surface area contributed by atoms with Crippen LogP contribution in [-0.2, 0) is 38.4 Å². The highest BCUT2D eigenvalue weighted by atomic mass is 33.1. The average molecular weight is 667 g/mol. The van der Waals surface area contributed by atoms with E-state index in [2.05, 4.69) is 0 Å². The first kappa shape index (κ1) is 34.7. The third-order valence-corrected chi connectivity index (χ3v) is 12.0. The minimum Gasteiger partial charge on any atom is -0.353 e. The van der Waals surface area contributed by atoms with Crippen LogP contribution in [0.4, 0.5) is 0 Å². The van der Waals surface area contributed by atoms with Crippen LogP contribution in [0, 0.1) is 0 Å². The molecule has 0 N–H and O–H groups in total. The van der Waals surface area contributed by atoms with E-state index in [0.717, 1.165) is 56.1 Å². The smallest absolute Gasteiger partial charge is 0.222 e. The van der Waals surface area contributed by atoms with E-state index >= 15 is 0 Å². The van der Waals surface area contributed by atoms with Crippen molar-refractivity contribution in [1.29, 1.82) is 0 Å². The highest BCUT2D eigenvalue weighted by Crippen LogP contribution is 2.30. The summed E-state index contributed by atoms with van der Waals surface area (Å²) in [4.78, 5) is 26.1. The van der Waals surface area contributed by atoms with E-state index in [1.165, 1.54) is 34.3 Å². The van der Waals surface area contributed by atoms with Crippen LogP contribution in [0.3, 0.4) is 0 Å². The summed E-state index contributed by atoms with van der Waals surface area (Å²) in [6, 6.07) is 19.1. The average Bonchev–Trinajstić information content (AvgIpc) is 3.06. The van der Waals surface area contributed by atoms with E-state index < -0.39 is 22.0 Å². The molecule has 5 atom stereocenters. The lowest BCUT2D eigenvalue weighted by Gasteiger charge is -2.27. The van der Waals surface area contributed by atoms with Crippen molar-refractivity contribution in [3.05, 3.63) is 71.8 Å². The molecule has 3 unspecified atom stereocenters. The summed E-state index contributed by atoms with van der Waals surface area (Å²) in [5, 5.41) is -0.0747. The Labute approximate surface area is 270 Å². The molecule has 0 radical (unpaired) electrons. The normalized spacial score (nSPS) is 21.1. The van der Waals surface area contributed by atoms with Crippen molar-refractivity contribution in [2.75, 3.05) is 36.2 Å². The predicted octanol–water partition coefficient (Wildman–Crippen LogP) is 7.25. The highest BCUT2D eigenvalue weighted by Gasteiger charge is 2.28. The predicted molar refractivity (Wildman–Crippen MR) is 177 cm³/mol. The summed E-state index contributed by atoms with van der Waals surface area (Å²) in [6.45, 7) is 1.32. The Balaban J connectivity index is 1.12. The Morgan fingerprint density at radius 1 is 0.721 bits per heavy atom. The maximum atomic E-state index is 13.1. The zero-order valence-electron chi connectivity index (χ0n) is 24.5. The van der Waals surface area contributed by atoms with Crippen LogP contribution in [0.15, 0.2) is 60.7 Å². The molecule has 43 heavy (non-hydrogen) atoms. The van der Waals surface area contributed by atoms with Gasteiger partial charge in [-0.15, -0.1) is 0 Å². The van der Waals surface area contributed by atoms with Crippen LogP contribution in [-0.4, -0.2) is 63.2 Å². The fraction of sp³-hybridized carbons (Fsp3) is 0.562. The van der Waals surface area contributed by atoms with Gasteiger partial charge >= 0.3 is 0 Å². The van der Waals surface area contributed by atoms with E-state index in [9.17, 15) is 13.8 Å². The van der Waals surface area contributed by atoms with Crippen molar-refractivity contribution in [2.45, 2.75) is 76.2 Å². The number of carbonyl (C=O) groups is 2. The summed E-state index contributed by atoms with van der Waals surface area (Å²) in [5.74, 6) is 2.44. The minimum atomic E-state index is -1.04. The second-order valence-corrected chi connectivity index (χ2v) is 16.0. The van der Waals surface area contributed by atoms with Crippen LogP contribution in [0.1, 0.15) is 74.7 Å². The molecule has 2 saturated heterocycles. The first-order valence-corrected chi connectivity index (χ1v) is 19.9. The second-order valence-electron chi connectivity index (χ2n) is 10.3. The molecule has 2 aromatic carbocycles. The van der Waals surface area contributed by atoms with Gasteiger partial charge in [-0.25, -0.2) is 4.21 Å². The zero-order valence-corrected chi connectivity index (χ0v) is 27.7. The summed E-state index contributed by atoms with van der Waals surface area (Å²) in [7, 11) is 0.368. The molecular weight excluding hydrogens is 625 g/mol. The van der Waals surface area contributed by atoms with Crippen molar-refractivity contribution in [1.82, 2.24) is 0 Å². The Morgan fingerprint density at radius 2 is 1.21 bits per heavy atom. The fourth-order valence-electron chi connectivity index (χ4n) is 4.68. The summed E-state index contributed by atoms with van der Waals surface area (Å²) < 4.78 is 36.2. The van der Waals surface area contributed by atoms with E-state index in [1.807, 2.05) is 60.7 Å². The van der Waals surface area contributed by atoms with Crippen molar-refractivity contribution in [3.63, 3.8) is 0 Å². The van der Waals surface area contributed by atoms with E-state index in [0.29, 0.717) is 42.6 Å². The van der Waals surface area contributed by atoms with E-state index in [-0.39, 0.29) is 22.8 Å². The highest BCUT2D eigenvalue weighted by molar-refractivity contribution is 8.69. The number of hydrogen-bond acceptors (Lipinski definition) is 10. The van der Waals surface area contributed by atoms with Crippen molar-refractivity contribution in [2.24, 2.45) is 0 Å². The molecule has 0 aliphatic carbocycles. The lowest BCUT2D eigenvalue weighted by Crippen LogP contribution is -2.27. The van der Waals surface area contributed by atoms with Crippen LogP contribution in [0.25, 0.3) is 0 Å². The van der Waals surface area contributed by atoms with Gasteiger partial charge < -0.3 is 18.9 Å². The van der Waals surface area contributed by atoms with Gasteiger partial charge in [0.2, 0.25) is 10.2 Å². The molecule has 236 valence electrons. The molecule has 2 fully saturated rings. The van der Waals surface area contributed by atoms with Gasteiger partial charge in [0.15, 0.2) is 24.8 Å². The van der Waals surface area contributed by atoms with Gasteiger partial charge in [0.1, 0.15) is 0 Å². The number of hydrogen-bond donors (Lipinski definition) is 0. The fourth-order valence-corrected chi connectivity index (χ4v) is 9.28. The molecule has 0 aromatic heterocycles. The van der Waals surface area contributed by atoms with Crippen molar-refractivity contribution < 1.29 is 32.7 Å². The molecular formula is C32H42O7S4. The van der Waals surface area contributed by atoms with Gasteiger partial charge in [0, 0.05) is 36.2 Å². The SMILES string of the molecule is O=C(SCCCSS(=O)CCCSC(=O)[C@H](OC1CCCCO1)c1ccccc1)[C@H](OC1CCCCO1)c1ccccc1. The van der Waals surface area contributed by atoms with Gasteiger partial charge in [0.25, 0.3) is 0 Å². The van der Waals surface area contributed by atoms with Crippen LogP contribution < -0.4 is 0 Å². The Morgan fingerprint density at radius 3 is 1.67 bits per heavy atom. The van der Waals surface area contributed by atoms with Crippen molar-refractivity contribution >= 4 is 54.4 Å². The molecule has 4 rings (SSSR count). The molecule has 7 nitrogen and oxygen atoms in total. The molecule has 2 heterocycles. The molecule has 0 bridgehead atoms. The Bertz CT molecular complexity index is 1110. The maximum absolute atomic E-state index is 13.1. The minimum absolute atomic E-state index is 0.0268. The summed E-state index contributed by atoms with van der Waals surface area (Å²) >= 11 is 2.50. The monoisotopic (exact) mass is 666 g/mol. The Kier molecular flexibility index (Phi) is 16.2. The van der Waals surface area contributed by atoms with E-state index in [1.54, 1.807) is 0 Å². The molecule has 11 heteroatoms. The molecule has 0 saturated carbocycles. The van der Waals surface area contributed by atoms with Crippen LogP contribution >= 0.6 is 34.3 Å². The zero-order chi connectivity index (χ0) is 30.1. The van der Waals surface area contributed by atoms with Crippen LogP contribution in [0.5, 0.6) is 0 Å². The van der Waals surface area contributed by atoms with Crippen molar-refractivity contribution in [3.8, 4) is 0 Å². The largest absolute Gasteiger partial charge is 0.353 e. The third-order valence-electron chi connectivity index (χ3n) is 6.93. The van der Waals surface area contributed by atoms with Gasteiger partial charge in [-0.2, -0.15) is 0 Å². The molecule has 2 aliphatic rings. The van der Waals surface area contributed by atoms with Gasteiger partial charge in [-0.1, -0.05) is 95.0 Å². The maximum Gasteiger partial charge on any atom is 0.222 e. The lowest BCUT2D eigenvalue weighted by atomic mass is 10.1. The molecule has 0 amide bonds. The number of thioether (sulfide) groups is 2. The molecule has 2 aliphatic heterocycles.